The second kappa shape index (κ2) is 6.40. The fourth-order valence-corrected chi connectivity index (χ4v) is 3.59. The molecule has 136 valence electrons. The Labute approximate surface area is 154 Å². The highest BCUT2D eigenvalue weighted by molar-refractivity contribution is 7.90. The monoisotopic (exact) mass is 370 g/mol. The lowest BCUT2D eigenvalue weighted by Crippen LogP contribution is -2.32. The smallest absolute Gasteiger partial charge is 0.210 e. The van der Waals surface area contributed by atoms with E-state index in [9.17, 15) is 13.2 Å². The minimum atomic E-state index is -3.28. The Bertz CT molecular complexity index is 983. The van der Waals surface area contributed by atoms with Crippen LogP contribution < -0.4 is 0 Å². The Morgan fingerprint density at radius 2 is 1.50 bits per heavy atom. The molecule has 1 atom stereocenters. The molecular weight excluding hydrogens is 348 g/mol. The Morgan fingerprint density at radius 3 is 2.00 bits per heavy atom. The molecule has 0 aromatic heterocycles. The van der Waals surface area contributed by atoms with Crippen molar-refractivity contribution in [2.75, 3.05) is 6.26 Å². The first-order chi connectivity index (χ1) is 12.2. The molecule has 0 radical (unpaired) electrons. The number of rotatable bonds is 4. The molecule has 1 aliphatic heterocycles. The van der Waals surface area contributed by atoms with Crippen molar-refractivity contribution < 1.29 is 17.9 Å². The van der Waals surface area contributed by atoms with E-state index in [-0.39, 0.29) is 10.7 Å². The fourth-order valence-electron chi connectivity index (χ4n) is 2.96. The first-order valence-corrected chi connectivity index (χ1v) is 10.4. The van der Waals surface area contributed by atoms with Gasteiger partial charge in [0, 0.05) is 11.8 Å². The summed E-state index contributed by atoms with van der Waals surface area (Å²) in [6.07, 6.45) is 1.72. The summed E-state index contributed by atoms with van der Waals surface area (Å²) in [6.45, 7) is 5.70. The maximum Gasteiger partial charge on any atom is 0.210 e. The van der Waals surface area contributed by atoms with E-state index in [1.807, 2.05) is 38.1 Å². The van der Waals surface area contributed by atoms with Crippen LogP contribution >= 0.6 is 0 Å². The normalized spacial score (nSPS) is 20.4. The van der Waals surface area contributed by atoms with Crippen LogP contribution in [0.4, 0.5) is 0 Å². The number of aryl methyl sites for hydroxylation is 1. The maximum atomic E-state index is 13.1. The summed E-state index contributed by atoms with van der Waals surface area (Å²) in [4.78, 5) is 13.3. The number of ketones is 1. The van der Waals surface area contributed by atoms with Crippen molar-refractivity contribution in [3.05, 3.63) is 65.2 Å². The summed E-state index contributed by atoms with van der Waals surface area (Å²) in [7, 11) is -3.28. The second-order valence-electron chi connectivity index (χ2n) is 6.88. The Morgan fingerprint density at radius 1 is 0.962 bits per heavy atom. The molecule has 0 bridgehead atoms. The minimum absolute atomic E-state index is 0.0500. The van der Waals surface area contributed by atoms with Crippen molar-refractivity contribution in [3.8, 4) is 0 Å². The number of hydrogen-bond acceptors (Lipinski definition) is 4. The number of Topliss-reactive ketones (excluding diaryl/α,β-unsaturated/α-hetero) is 1. The number of ether oxygens (including phenoxy) is 1. The van der Waals surface area contributed by atoms with E-state index in [0.29, 0.717) is 23.3 Å². The van der Waals surface area contributed by atoms with Gasteiger partial charge in [-0.2, -0.15) is 0 Å². The van der Waals surface area contributed by atoms with E-state index >= 15 is 0 Å². The zero-order valence-corrected chi connectivity index (χ0v) is 16.2. The third-order valence-electron chi connectivity index (χ3n) is 4.82. The fraction of sp³-hybridized carbons (Fsp3) is 0.286. The van der Waals surface area contributed by atoms with Gasteiger partial charge in [0.15, 0.2) is 15.4 Å². The van der Waals surface area contributed by atoms with Crippen molar-refractivity contribution in [1.82, 2.24) is 0 Å². The van der Waals surface area contributed by atoms with Gasteiger partial charge >= 0.3 is 0 Å². The van der Waals surface area contributed by atoms with Crippen LogP contribution in [0, 0.1) is 6.92 Å². The number of sulfone groups is 1. The van der Waals surface area contributed by atoms with Gasteiger partial charge in [-0.25, -0.2) is 8.42 Å². The quantitative estimate of drug-likeness (QED) is 0.815. The van der Waals surface area contributed by atoms with Gasteiger partial charge in [-0.05, 0) is 50.1 Å². The Kier molecular flexibility index (Phi) is 4.53. The number of carbonyl (C=O) groups excluding carboxylic acids is 1. The summed E-state index contributed by atoms with van der Waals surface area (Å²) in [5, 5.41) is 0. The van der Waals surface area contributed by atoms with Crippen LogP contribution in [0.5, 0.6) is 0 Å². The summed E-state index contributed by atoms with van der Waals surface area (Å²) in [5.74, 6) is 0.453. The molecule has 5 heteroatoms. The molecule has 2 aromatic carbocycles. The molecule has 0 saturated heterocycles. The zero-order valence-electron chi connectivity index (χ0n) is 15.4. The molecule has 1 aliphatic rings. The van der Waals surface area contributed by atoms with Gasteiger partial charge in [-0.15, -0.1) is 0 Å². The van der Waals surface area contributed by atoms with E-state index in [4.69, 9.17) is 4.74 Å². The molecule has 26 heavy (non-hydrogen) atoms. The molecule has 3 rings (SSSR count). The van der Waals surface area contributed by atoms with Crippen molar-refractivity contribution in [1.29, 1.82) is 0 Å². The first kappa shape index (κ1) is 18.4. The van der Waals surface area contributed by atoms with Crippen molar-refractivity contribution >= 4 is 27.0 Å². The summed E-state index contributed by atoms with van der Waals surface area (Å²) < 4.78 is 29.5. The summed E-state index contributed by atoms with van der Waals surface area (Å²) >= 11 is 0. The molecule has 0 N–H and O–H groups in total. The van der Waals surface area contributed by atoms with Crippen LogP contribution in [0.2, 0.25) is 0 Å². The Hall–Kier alpha value is -2.40. The van der Waals surface area contributed by atoms with Crippen molar-refractivity contribution in [2.45, 2.75) is 37.7 Å². The molecular formula is C21H22O4S. The highest BCUT2D eigenvalue weighted by Gasteiger charge is 2.45. The van der Waals surface area contributed by atoms with Crippen LogP contribution in [-0.4, -0.2) is 26.1 Å². The topological polar surface area (TPSA) is 60.4 Å². The van der Waals surface area contributed by atoms with Crippen LogP contribution in [0.25, 0.3) is 11.3 Å². The molecule has 1 unspecified atom stereocenters. The van der Waals surface area contributed by atoms with Crippen LogP contribution in [0.3, 0.4) is 0 Å². The van der Waals surface area contributed by atoms with Gasteiger partial charge in [0.05, 0.1) is 10.5 Å². The minimum Gasteiger partial charge on any atom is -0.478 e. The van der Waals surface area contributed by atoms with Gasteiger partial charge in [0.1, 0.15) is 5.76 Å². The molecule has 0 spiro atoms. The van der Waals surface area contributed by atoms with Crippen LogP contribution in [0.15, 0.2) is 53.4 Å². The number of carbonyl (C=O) groups is 1. The summed E-state index contributed by atoms with van der Waals surface area (Å²) in [5.41, 5.74) is 2.24. The predicted molar refractivity (Wildman–Crippen MR) is 102 cm³/mol. The highest BCUT2D eigenvalue weighted by Crippen LogP contribution is 2.43. The molecule has 1 heterocycles. The Balaban J connectivity index is 2.16. The van der Waals surface area contributed by atoms with Gasteiger partial charge in [0.2, 0.25) is 5.78 Å². The average molecular weight is 370 g/mol. The number of hydrogen-bond donors (Lipinski definition) is 0. The van der Waals surface area contributed by atoms with Crippen molar-refractivity contribution in [2.24, 2.45) is 0 Å². The lowest BCUT2D eigenvalue weighted by molar-refractivity contribution is -0.126. The zero-order chi connectivity index (χ0) is 19.1. The lowest BCUT2D eigenvalue weighted by atomic mass is 9.89. The molecule has 0 amide bonds. The molecule has 0 aliphatic carbocycles. The molecule has 0 fully saturated rings. The third kappa shape index (κ3) is 3.19. The standard InChI is InChI=1S/C21H22O4S/c1-5-21(3)20(22)18(15-8-6-14(2)7-9-15)19(25-21)16-10-12-17(13-11-16)26(4,23)24/h6-13H,5H2,1-4H3. The number of benzene rings is 2. The van der Waals surface area contributed by atoms with Crippen LogP contribution in [0.1, 0.15) is 37.0 Å². The molecule has 2 aromatic rings. The van der Waals surface area contributed by atoms with Gasteiger partial charge in [0.25, 0.3) is 0 Å². The molecule has 4 nitrogen and oxygen atoms in total. The highest BCUT2D eigenvalue weighted by atomic mass is 32.2. The second-order valence-corrected chi connectivity index (χ2v) is 8.90. The summed E-state index contributed by atoms with van der Waals surface area (Å²) in [6, 6.07) is 14.2. The maximum absolute atomic E-state index is 13.1. The van der Waals surface area contributed by atoms with Gasteiger partial charge in [-0.1, -0.05) is 36.8 Å². The average Bonchev–Trinajstić information content (AvgIpc) is 2.87. The largest absolute Gasteiger partial charge is 0.478 e. The van der Waals surface area contributed by atoms with E-state index in [2.05, 4.69) is 0 Å². The van der Waals surface area contributed by atoms with Crippen LogP contribution in [-0.2, 0) is 19.4 Å². The van der Waals surface area contributed by atoms with Gasteiger partial charge in [-0.3, -0.25) is 4.79 Å². The SMILES string of the molecule is CCC1(C)OC(c2ccc(S(C)(=O)=O)cc2)=C(c2ccc(C)cc2)C1=O. The van der Waals surface area contributed by atoms with E-state index in [0.717, 1.165) is 11.1 Å². The predicted octanol–water partition coefficient (Wildman–Crippen LogP) is 4.03. The molecule has 0 saturated carbocycles. The first-order valence-electron chi connectivity index (χ1n) is 8.51. The van der Waals surface area contributed by atoms with Crippen molar-refractivity contribution in [3.63, 3.8) is 0 Å². The van der Waals surface area contributed by atoms with Gasteiger partial charge < -0.3 is 4.74 Å². The third-order valence-corrected chi connectivity index (χ3v) is 5.95. The van der Waals surface area contributed by atoms with E-state index in [1.54, 1.807) is 31.2 Å². The van der Waals surface area contributed by atoms with E-state index < -0.39 is 15.4 Å². The van der Waals surface area contributed by atoms with E-state index in [1.165, 1.54) is 6.26 Å². The lowest BCUT2D eigenvalue weighted by Gasteiger charge is -2.21.